The maximum absolute atomic E-state index is 11.8. The van der Waals surface area contributed by atoms with Crippen molar-refractivity contribution in [2.75, 3.05) is 0 Å². The van der Waals surface area contributed by atoms with E-state index in [1.807, 2.05) is 0 Å². The van der Waals surface area contributed by atoms with E-state index in [0.717, 1.165) is 0 Å². The molecule has 0 aliphatic carbocycles. The smallest absolute Gasteiger partial charge is 0.338 e. The summed E-state index contributed by atoms with van der Waals surface area (Å²) in [5.41, 5.74) is -0.774. The first-order valence-electron chi connectivity index (χ1n) is 5.85. The van der Waals surface area contributed by atoms with Gasteiger partial charge in [-0.1, -0.05) is 0 Å². The molecule has 0 unspecified atom stereocenters. The number of aryl methyl sites for hydroxylation is 1. The molecule has 0 amide bonds. The van der Waals surface area contributed by atoms with Crippen LogP contribution in [0.1, 0.15) is 10.4 Å². The van der Waals surface area contributed by atoms with Gasteiger partial charge in [0.2, 0.25) is 0 Å². The minimum atomic E-state index is -1.16. The number of fused-ring (bicyclic) bond motifs is 1. The minimum Gasteiger partial charge on any atom is -0.478 e. The zero-order valence-electron chi connectivity index (χ0n) is 10.7. The van der Waals surface area contributed by atoms with Crippen LogP contribution < -0.4 is 11.2 Å². The molecule has 0 aliphatic rings. The Hall–Kier alpha value is -3.23. The van der Waals surface area contributed by atoms with Gasteiger partial charge < -0.3 is 9.67 Å². The Labute approximate surface area is 115 Å². The molecule has 21 heavy (non-hydrogen) atoms. The van der Waals surface area contributed by atoms with Crippen LogP contribution in [0.5, 0.6) is 0 Å². The highest BCUT2D eigenvalue weighted by atomic mass is 16.4. The molecule has 0 spiro atoms. The molecule has 3 N–H and O–H groups in total. The molecule has 3 aromatic heterocycles. The molecule has 3 rings (SSSR count). The third-order valence-corrected chi connectivity index (χ3v) is 3.06. The lowest BCUT2D eigenvalue weighted by atomic mass is 10.1. The predicted octanol–water partition coefficient (Wildman–Crippen LogP) is -0.290. The predicted molar refractivity (Wildman–Crippen MR) is 72.1 cm³/mol. The van der Waals surface area contributed by atoms with Gasteiger partial charge in [-0.05, 0) is 6.07 Å². The second kappa shape index (κ2) is 4.40. The van der Waals surface area contributed by atoms with Gasteiger partial charge in [0.25, 0.3) is 5.56 Å². The second-order valence-corrected chi connectivity index (χ2v) is 4.33. The first-order valence-corrected chi connectivity index (χ1v) is 5.85. The van der Waals surface area contributed by atoms with Crippen molar-refractivity contribution in [3.63, 3.8) is 0 Å². The SMILES string of the molecule is Cn1c(-c2ccncc2C(=O)O)nc2[nH]c(=O)[nH]c(=O)c21. The molecular formula is C12H9N5O4. The van der Waals surface area contributed by atoms with Gasteiger partial charge in [-0.2, -0.15) is 0 Å². The van der Waals surface area contributed by atoms with Gasteiger partial charge in [0.15, 0.2) is 11.2 Å². The molecule has 9 heteroatoms. The second-order valence-electron chi connectivity index (χ2n) is 4.33. The average molecular weight is 287 g/mol. The van der Waals surface area contributed by atoms with Gasteiger partial charge >= 0.3 is 11.7 Å². The lowest BCUT2D eigenvalue weighted by molar-refractivity contribution is 0.0697. The fraction of sp³-hybridized carbons (Fsp3) is 0.0833. The van der Waals surface area contributed by atoms with Crippen LogP contribution in [-0.2, 0) is 7.05 Å². The van der Waals surface area contributed by atoms with Crippen LogP contribution in [0.15, 0.2) is 28.0 Å². The zero-order valence-corrected chi connectivity index (χ0v) is 10.7. The lowest BCUT2D eigenvalue weighted by Gasteiger charge is -2.04. The third kappa shape index (κ3) is 1.91. The number of aromatic carboxylic acids is 1. The number of nitrogens with zero attached hydrogens (tertiary/aromatic N) is 3. The lowest BCUT2D eigenvalue weighted by Crippen LogP contribution is -2.22. The Kier molecular flexibility index (Phi) is 2.68. The van der Waals surface area contributed by atoms with E-state index in [1.165, 1.54) is 23.0 Å². The molecule has 0 aromatic carbocycles. The summed E-state index contributed by atoms with van der Waals surface area (Å²) in [5.74, 6) is -0.912. The quantitative estimate of drug-likeness (QED) is 0.593. The number of pyridine rings is 1. The molecule has 9 nitrogen and oxygen atoms in total. The van der Waals surface area contributed by atoms with Crippen molar-refractivity contribution >= 4 is 17.1 Å². The number of hydrogen-bond acceptors (Lipinski definition) is 5. The molecule has 0 aliphatic heterocycles. The molecule has 0 fully saturated rings. The van der Waals surface area contributed by atoms with E-state index in [0.29, 0.717) is 5.56 Å². The Morgan fingerprint density at radius 1 is 1.33 bits per heavy atom. The van der Waals surface area contributed by atoms with Gasteiger partial charge in [0.1, 0.15) is 5.82 Å². The first-order chi connectivity index (χ1) is 9.99. The molecule has 0 saturated carbocycles. The number of aromatic amines is 2. The summed E-state index contributed by atoms with van der Waals surface area (Å²) in [6.45, 7) is 0. The van der Waals surface area contributed by atoms with Crippen LogP contribution >= 0.6 is 0 Å². The summed E-state index contributed by atoms with van der Waals surface area (Å²) in [5, 5.41) is 9.19. The molecule has 0 radical (unpaired) electrons. The van der Waals surface area contributed by atoms with Crippen LogP contribution in [-0.4, -0.2) is 35.6 Å². The number of rotatable bonds is 2. The Balaban J connectivity index is 2.40. The van der Waals surface area contributed by atoms with Gasteiger partial charge in [-0.3, -0.25) is 19.7 Å². The fourth-order valence-corrected chi connectivity index (χ4v) is 2.15. The molecule has 0 atom stereocenters. The summed E-state index contributed by atoms with van der Waals surface area (Å²) in [7, 11) is 1.56. The van der Waals surface area contributed by atoms with E-state index < -0.39 is 17.2 Å². The largest absolute Gasteiger partial charge is 0.478 e. The van der Waals surface area contributed by atoms with Crippen LogP contribution in [0.4, 0.5) is 0 Å². The number of carboxylic acid groups (broad SMARTS) is 1. The van der Waals surface area contributed by atoms with E-state index in [9.17, 15) is 19.5 Å². The maximum atomic E-state index is 11.8. The maximum Gasteiger partial charge on any atom is 0.338 e. The Bertz CT molecular complexity index is 981. The normalized spacial score (nSPS) is 10.9. The van der Waals surface area contributed by atoms with Crippen molar-refractivity contribution in [3.05, 3.63) is 44.9 Å². The number of nitrogens with one attached hydrogen (secondary N) is 2. The van der Waals surface area contributed by atoms with E-state index in [-0.39, 0.29) is 22.6 Å². The molecule has 106 valence electrons. The van der Waals surface area contributed by atoms with E-state index in [2.05, 4.69) is 19.9 Å². The summed E-state index contributed by atoms with van der Waals surface area (Å²) < 4.78 is 1.42. The fourth-order valence-electron chi connectivity index (χ4n) is 2.15. The number of hydrogen-bond donors (Lipinski definition) is 3. The zero-order chi connectivity index (χ0) is 15.1. The highest BCUT2D eigenvalue weighted by Crippen LogP contribution is 2.23. The standard InChI is InChI=1S/C12H9N5O4/c1-17-7-8(15-12(21)16-10(7)18)14-9(17)5-2-3-13-4-6(5)11(19)20/h2-4H,1H3,(H,19,20)(H2,15,16,18,21). The van der Waals surface area contributed by atoms with Crippen LogP contribution in [0.2, 0.25) is 0 Å². The number of imidazole rings is 1. The van der Waals surface area contributed by atoms with Crippen molar-refractivity contribution in [1.82, 2.24) is 24.5 Å². The summed E-state index contributed by atoms with van der Waals surface area (Å²) in [6, 6.07) is 1.48. The Morgan fingerprint density at radius 3 is 2.81 bits per heavy atom. The van der Waals surface area contributed by atoms with Crippen molar-refractivity contribution in [1.29, 1.82) is 0 Å². The van der Waals surface area contributed by atoms with Gasteiger partial charge in [0.05, 0.1) is 5.56 Å². The molecule has 0 bridgehead atoms. The summed E-state index contributed by atoms with van der Waals surface area (Å²) >= 11 is 0. The number of carbonyl (C=O) groups is 1. The Morgan fingerprint density at radius 2 is 2.10 bits per heavy atom. The van der Waals surface area contributed by atoms with Crippen LogP contribution in [0.3, 0.4) is 0 Å². The van der Waals surface area contributed by atoms with Crippen molar-refractivity contribution in [3.8, 4) is 11.4 Å². The van der Waals surface area contributed by atoms with Crippen molar-refractivity contribution in [2.45, 2.75) is 0 Å². The monoisotopic (exact) mass is 287 g/mol. The van der Waals surface area contributed by atoms with Gasteiger partial charge in [-0.25, -0.2) is 14.6 Å². The minimum absolute atomic E-state index is 0.0466. The van der Waals surface area contributed by atoms with Gasteiger partial charge in [-0.15, -0.1) is 0 Å². The molecule has 0 saturated heterocycles. The molecule has 3 aromatic rings. The van der Waals surface area contributed by atoms with Crippen molar-refractivity contribution in [2.24, 2.45) is 7.05 Å². The van der Waals surface area contributed by atoms with E-state index in [1.54, 1.807) is 7.05 Å². The van der Waals surface area contributed by atoms with Crippen molar-refractivity contribution < 1.29 is 9.90 Å². The van der Waals surface area contributed by atoms with Crippen LogP contribution in [0, 0.1) is 0 Å². The average Bonchev–Trinajstić information content (AvgIpc) is 2.75. The topological polar surface area (TPSA) is 134 Å². The number of H-pyrrole nitrogens is 2. The third-order valence-electron chi connectivity index (χ3n) is 3.06. The summed E-state index contributed by atoms with van der Waals surface area (Å²) in [6.07, 6.45) is 2.62. The van der Waals surface area contributed by atoms with E-state index >= 15 is 0 Å². The molecule has 3 heterocycles. The molecular weight excluding hydrogens is 278 g/mol. The van der Waals surface area contributed by atoms with Crippen LogP contribution in [0.25, 0.3) is 22.6 Å². The highest BCUT2D eigenvalue weighted by Gasteiger charge is 2.19. The summed E-state index contributed by atoms with van der Waals surface area (Å²) in [4.78, 5) is 46.7. The van der Waals surface area contributed by atoms with Gasteiger partial charge in [0, 0.05) is 25.0 Å². The number of carboxylic acids is 1. The first kappa shape index (κ1) is 12.8. The van der Waals surface area contributed by atoms with E-state index in [4.69, 9.17) is 0 Å². The highest BCUT2D eigenvalue weighted by molar-refractivity contribution is 5.95. The number of aromatic nitrogens is 5.